The van der Waals surface area contributed by atoms with Crippen molar-refractivity contribution in [3.05, 3.63) is 29.4 Å². The molecule has 2 aromatic rings. The topological polar surface area (TPSA) is 55.4 Å². The average Bonchev–Trinajstić information content (AvgIpc) is 2.42. The van der Waals surface area contributed by atoms with Crippen LogP contribution >= 0.6 is 0 Å². The first-order chi connectivity index (χ1) is 6.16. The van der Waals surface area contributed by atoms with Crippen molar-refractivity contribution in [2.24, 2.45) is 0 Å². The molecule has 3 heteroatoms. The Morgan fingerprint density at radius 3 is 2.54 bits per heavy atom. The maximum absolute atomic E-state index is 7.39. The quantitative estimate of drug-likeness (QED) is 0.594. The molecule has 3 nitrogen and oxygen atoms in total. The Labute approximate surface area is 76.3 Å². The molecule has 0 fully saturated rings. The summed E-state index contributed by atoms with van der Waals surface area (Å²) in [6, 6.07) is 6.20. The van der Waals surface area contributed by atoms with E-state index >= 15 is 0 Å². The van der Waals surface area contributed by atoms with Gasteiger partial charge in [-0.3, -0.25) is 5.41 Å². The maximum atomic E-state index is 7.39. The summed E-state index contributed by atoms with van der Waals surface area (Å²) >= 11 is 0. The smallest absolute Gasteiger partial charge is 0.197 e. The first kappa shape index (κ1) is 8.10. The standard InChI is InChI=1S/C10H13N3/c1-6(2)7-3-4-8-9(5-7)13-10(11)12-8/h3-6H,1-2H3,(H3,11,12,13). The number of imidazole rings is 1. The van der Waals surface area contributed by atoms with Gasteiger partial charge < -0.3 is 9.97 Å². The molecule has 2 rings (SSSR count). The number of rotatable bonds is 1. The van der Waals surface area contributed by atoms with Crippen molar-refractivity contribution in [1.82, 2.24) is 9.97 Å². The zero-order chi connectivity index (χ0) is 9.42. The van der Waals surface area contributed by atoms with Gasteiger partial charge in [-0.1, -0.05) is 19.9 Å². The Kier molecular flexibility index (Phi) is 1.72. The Morgan fingerprint density at radius 1 is 1.15 bits per heavy atom. The van der Waals surface area contributed by atoms with Crippen LogP contribution in [-0.2, 0) is 0 Å². The van der Waals surface area contributed by atoms with Crippen molar-refractivity contribution < 1.29 is 0 Å². The molecule has 0 amide bonds. The van der Waals surface area contributed by atoms with E-state index in [2.05, 4.69) is 35.9 Å². The fraction of sp³-hybridized carbons (Fsp3) is 0.300. The molecule has 13 heavy (non-hydrogen) atoms. The first-order valence-electron chi connectivity index (χ1n) is 4.43. The Morgan fingerprint density at radius 2 is 1.85 bits per heavy atom. The van der Waals surface area contributed by atoms with Gasteiger partial charge in [0.25, 0.3) is 0 Å². The summed E-state index contributed by atoms with van der Waals surface area (Å²) < 4.78 is 0. The highest BCUT2D eigenvalue weighted by Gasteiger charge is 2.01. The number of fused-ring (bicyclic) bond motifs is 1. The van der Waals surface area contributed by atoms with E-state index in [1.54, 1.807) is 0 Å². The molecule has 3 N–H and O–H groups in total. The van der Waals surface area contributed by atoms with Crippen LogP contribution < -0.4 is 5.62 Å². The van der Waals surface area contributed by atoms with Crippen molar-refractivity contribution in [3.63, 3.8) is 0 Å². The Balaban J connectivity index is 2.68. The SMILES string of the molecule is CC(C)c1ccc2[nH]c(=N)[nH]c2c1. The maximum Gasteiger partial charge on any atom is 0.197 e. The van der Waals surface area contributed by atoms with E-state index in [-0.39, 0.29) is 0 Å². The predicted octanol–water partition coefficient (Wildman–Crippen LogP) is 2.10. The zero-order valence-electron chi connectivity index (χ0n) is 7.81. The van der Waals surface area contributed by atoms with E-state index in [0.29, 0.717) is 11.5 Å². The number of benzene rings is 1. The van der Waals surface area contributed by atoms with Gasteiger partial charge in [-0.25, -0.2) is 0 Å². The lowest BCUT2D eigenvalue weighted by atomic mass is 10.0. The predicted molar refractivity (Wildman–Crippen MR) is 52.6 cm³/mol. The normalized spacial score (nSPS) is 11.3. The van der Waals surface area contributed by atoms with Gasteiger partial charge in [-0.15, -0.1) is 0 Å². The summed E-state index contributed by atoms with van der Waals surface area (Å²) in [4.78, 5) is 5.90. The lowest BCUT2D eigenvalue weighted by Gasteiger charge is -2.03. The third-order valence-electron chi connectivity index (χ3n) is 2.23. The van der Waals surface area contributed by atoms with Gasteiger partial charge in [0, 0.05) is 0 Å². The summed E-state index contributed by atoms with van der Waals surface area (Å²) in [5.74, 6) is 0.530. The second-order valence-electron chi connectivity index (χ2n) is 3.58. The second-order valence-corrected chi connectivity index (χ2v) is 3.58. The van der Waals surface area contributed by atoms with E-state index in [1.807, 2.05) is 6.07 Å². The van der Waals surface area contributed by atoms with E-state index in [4.69, 9.17) is 5.41 Å². The van der Waals surface area contributed by atoms with Crippen molar-refractivity contribution in [2.45, 2.75) is 19.8 Å². The number of H-pyrrole nitrogens is 2. The van der Waals surface area contributed by atoms with Crippen LogP contribution in [0.3, 0.4) is 0 Å². The van der Waals surface area contributed by atoms with Gasteiger partial charge in [-0.2, -0.15) is 0 Å². The first-order valence-corrected chi connectivity index (χ1v) is 4.43. The number of hydrogen-bond acceptors (Lipinski definition) is 1. The van der Waals surface area contributed by atoms with Gasteiger partial charge in [0.15, 0.2) is 5.62 Å². The van der Waals surface area contributed by atoms with E-state index in [0.717, 1.165) is 11.0 Å². The molecule has 0 aliphatic rings. The summed E-state index contributed by atoms with van der Waals surface area (Å²) in [5, 5.41) is 7.39. The van der Waals surface area contributed by atoms with Crippen LogP contribution in [0.1, 0.15) is 25.3 Å². The third kappa shape index (κ3) is 1.37. The van der Waals surface area contributed by atoms with Crippen LogP contribution in [-0.4, -0.2) is 9.97 Å². The molecule has 0 unspecified atom stereocenters. The molecular formula is C10H13N3. The van der Waals surface area contributed by atoms with Gasteiger partial charge in [-0.05, 0) is 23.6 Å². The lowest BCUT2D eigenvalue weighted by molar-refractivity contribution is 0.868. The molecule has 0 aliphatic carbocycles. The summed E-state index contributed by atoms with van der Waals surface area (Å²) in [7, 11) is 0. The molecule has 1 aromatic heterocycles. The molecule has 0 spiro atoms. The fourth-order valence-corrected chi connectivity index (χ4v) is 1.43. The number of hydrogen-bond donors (Lipinski definition) is 3. The molecule has 0 atom stereocenters. The summed E-state index contributed by atoms with van der Waals surface area (Å²) in [6.45, 7) is 4.32. The minimum atomic E-state index is 0.357. The molecule has 0 radical (unpaired) electrons. The lowest BCUT2D eigenvalue weighted by Crippen LogP contribution is -1.99. The van der Waals surface area contributed by atoms with Gasteiger partial charge in [0.1, 0.15) is 0 Å². The van der Waals surface area contributed by atoms with Crippen molar-refractivity contribution in [2.75, 3.05) is 0 Å². The minimum absolute atomic E-state index is 0.357. The minimum Gasteiger partial charge on any atom is -0.324 e. The van der Waals surface area contributed by atoms with E-state index < -0.39 is 0 Å². The van der Waals surface area contributed by atoms with Crippen LogP contribution in [0.15, 0.2) is 18.2 Å². The molecular weight excluding hydrogens is 162 g/mol. The fourth-order valence-electron chi connectivity index (χ4n) is 1.43. The van der Waals surface area contributed by atoms with Crippen LogP contribution in [0.25, 0.3) is 11.0 Å². The van der Waals surface area contributed by atoms with E-state index in [1.165, 1.54) is 5.56 Å². The highest BCUT2D eigenvalue weighted by atomic mass is 14.9. The molecule has 1 aromatic carbocycles. The van der Waals surface area contributed by atoms with Gasteiger partial charge in [0.05, 0.1) is 11.0 Å². The molecule has 0 aliphatic heterocycles. The van der Waals surface area contributed by atoms with Crippen molar-refractivity contribution in [3.8, 4) is 0 Å². The Bertz CT molecular complexity index is 476. The third-order valence-corrected chi connectivity index (χ3v) is 2.23. The van der Waals surface area contributed by atoms with Crippen molar-refractivity contribution >= 4 is 11.0 Å². The van der Waals surface area contributed by atoms with Crippen LogP contribution in [0, 0.1) is 5.41 Å². The average molecular weight is 175 g/mol. The highest BCUT2D eigenvalue weighted by molar-refractivity contribution is 5.75. The number of aromatic amines is 2. The zero-order valence-corrected chi connectivity index (χ0v) is 7.81. The van der Waals surface area contributed by atoms with Crippen LogP contribution in [0.2, 0.25) is 0 Å². The van der Waals surface area contributed by atoms with Crippen LogP contribution in [0.4, 0.5) is 0 Å². The number of nitrogens with one attached hydrogen (secondary N) is 3. The molecule has 0 bridgehead atoms. The van der Waals surface area contributed by atoms with Gasteiger partial charge >= 0.3 is 0 Å². The van der Waals surface area contributed by atoms with Crippen molar-refractivity contribution in [1.29, 1.82) is 5.41 Å². The molecule has 1 heterocycles. The molecule has 68 valence electrons. The molecule has 0 saturated carbocycles. The second kappa shape index (κ2) is 2.76. The van der Waals surface area contributed by atoms with E-state index in [9.17, 15) is 0 Å². The van der Waals surface area contributed by atoms with Gasteiger partial charge in [0.2, 0.25) is 0 Å². The summed E-state index contributed by atoms with van der Waals surface area (Å²) in [5.41, 5.74) is 3.66. The largest absolute Gasteiger partial charge is 0.324 e. The molecule has 0 saturated heterocycles. The van der Waals surface area contributed by atoms with Crippen LogP contribution in [0.5, 0.6) is 0 Å². The Hall–Kier alpha value is -1.51. The number of aromatic nitrogens is 2. The summed E-state index contributed by atoms with van der Waals surface area (Å²) in [6.07, 6.45) is 0. The highest BCUT2D eigenvalue weighted by Crippen LogP contribution is 2.17. The monoisotopic (exact) mass is 175 g/mol.